The Balaban J connectivity index is 1.57. The van der Waals surface area contributed by atoms with Crippen LogP contribution in [-0.4, -0.2) is 41.7 Å². The zero-order chi connectivity index (χ0) is 16.9. The lowest BCUT2D eigenvalue weighted by atomic mass is 9.97. The maximum absolute atomic E-state index is 12.6. The molecule has 1 aliphatic rings. The molecule has 1 aromatic carbocycles. The van der Waals surface area contributed by atoms with Gasteiger partial charge in [0.15, 0.2) is 0 Å². The summed E-state index contributed by atoms with van der Waals surface area (Å²) >= 11 is 0. The lowest BCUT2D eigenvalue weighted by molar-refractivity contribution is -0.132. The molecule has 0 aliphatic carbocycles. The molecule has 0 radical (unpaired) electrons. The number of terminal acetylenes is 1. The standard InChI is InChI=1S/C20H24N2O2/c1-3-12-24-15-16-8-10-22(11-9-16)20(23)13-17-14-21(2)19-7-5-4-6-18(17)19/h1,4-7,14,16H,8-13,15H2,2H3. The van der Waals surface area contributed by atoms with Crippen molar-refractivity contribution in [2.75, 3.05) is 26.3 Å². The van der Waals surface area contributed by atoms with Gasteiger partial charge < -0.3 is 14.2 Å². The fourth-order valence-corrected chi connectivity index (χ4v) is 3.47. The summed E-state index contributed by atoms with van der Waals surface area (Å²) in [5.74, 6) is 3.22. The van der Waals surface area contributed by atoms with Crippen LogP contribution < -0.4 is 0 Å². The molecule has 2 aromatic rings. The molecule has 0 unspecified atom stereocenters. The van der Waals surface area contributed by atoms with Crippen LogP contribution in [0.2, 0.25) is 0 Å². The number of benzene rings is 1. The summed E-state index contributed by atoms with van der Waals surface area (Å²) in [4.78, 5) is 14.6. The van der Waals surface area contributed by atoms with E-state index in [2.05, 4.69) is 28.8 Å². The van der Waals surface area contributed by atoms with Gasteiger partial charge in [-0.05, 0) is 30.4 Å². The molecule has 0 bridgehead atoms. The lowest BCUT2D eigenvalue weighted by Crippen LogP contribution is -2.40. The Morgan fingerprint density at radius 1 is 1.33 bits per heavy atom. The second-order valence-electron chi connectivity index (χ2n) is 6.50. The van der Waals surface area contributed by atoms with Crippen LogP contribution in [-0.2, 0) is 23.0 Å². The van der Waals surface area contributed by atoms with Gasteiger partial charge in [-0.15, -0.1) is 6.42 Å². The third-order valence-electron chi connectivity index (χ3n) is 4.83. The van der Waals surface area contributed by atoms with E-state index < -0.39 is 0 Å². The third-order valence-corrected chi connectivity index (χ3v) is 4.83. The van der Waals surface area contributed by atoms with Crippen LogP contribution in [0.4, 0.5) is 0 Å². The maximum Gasteiger partial charge on any atom is 0.227 e. The Bertz CT molecular complexity index is 749. The topological polar surface area (TPSA) is 34.5 Å². The van der Waals surface area contributed by atoms with E-state index in [-0.39, 0.29) is 5.91 Å². The molecule has 4 nitrogen and oxygen atoms in total. The van der Waals surface area contributed by atoms with Gasteiger partial charge in [0.1, 0.15) is 6.61 Å². The molecule has 1 amide bonds. The molecule has 1 aromatic heterocycles. The SMILES string of the molecule is C#CCOCC1CCN(C(=O)Cc2cn(C)c3ccccc23)CC1. The van der Waals surface area contributed by atoms with E-state index in [1.165, 1.54) is 10.9 Å². The highest BCUT2D eigenvalue weighted by Gasteiger charge is 2.23. The molecular formula is C20H24N2O2. The summed E-state index contributed by atoms with van der Waals surface area (Å²) in [6.07, 6.45) is 9.72. The van der Waals surface area contributed by atoms with Crippen LogP contribution in [0.3, 0.4) is 0 Å². The Morgan fingerprint density at radius 2 is 2.08 bits per heavy atom. The highest BCUT2D eigenvalue weighted by Crippen LogP contribution is 2.23. The van der Waals surface area contributed by atoms with E-state index in [4.69, 9.17) is 11.2 Å². The number of amides is 1. The number of aromatic nitrogens is 1. The van der Waals surface area contributed by atoms with Crippen molar-refractivity contribution in [3.63, 3.8) is 0 Å². The molecule has 126 valence electrons. The minimum Gasteiger partial charge on any atom is -0.369 e. The van der Waals surface area contributed by atoms with Crippen LogP contribution in [0.5, 0.6) is 0 Å². The van der Waals surface area contributed by atoms with Gasteiger partial charge in [-0.25, -0.2) is 0 Å². The first kappa shape index (κ1) is 16.6. The Morgan fingerprint density at radius 3 is 2.83 bits per heavy atom. The van der Waals surface area contributed by atoms with Crippen molar-refractivity contribution < 1.29 is 9.53 Å². The molecular weight excluding hydrogens is 300 g/mol. The van der Waals surface area contributed by atoms with Crippen molar-refractivity contribution in [2.24, 2.45) is 13.0 Å². The number of aryl methyl sites for hydroxylation is 1. The summed E-state index contributed by atoms with van der Waals surface area (Å²) in [7, 11) is 2.03. The molecule has 0 saturated carbocycles. The summed E-state index contributed by atoms with van der Waals surface area (Å²) in [6, 6.07) is 8.23. The summed E-state index contributed by atoms with van der Waals surface area (Å²) in [5, 5.41) is 1.17. The molecule has 2 heterocycles. The van der Waals surface area contributed by atoms with Gasteiger partial charge in [0.25, 0.3) is 0 Å². The number of hydrogen-bond donors (Lipinski definition) is 0. The molecule has 0 N–H and O–H groups in total. The summed E-state index contributed by atoms with van der Waals surface area (Å²) in [5.41, 5.74) is 2.28. The van der Waals surface area contributed by atoms with E-state index in [1.807, 2.05) is 24.1 Å². The molecule has 0 spiro atoms. The highest BCUT2D eigenvalue weighted by atomic mass is 16.5. The number of rotatable bonds is 5. The van der Waals surface area contributed by atoms with Crippen molar-refractivity contribution in [3.05, 3.63) is 36.0 Å². The number of nitrogens with zero attached hydrogens (tertiary/aromatic N) is 2. The van der Waals surface area contributed by atoms with Crippen molar-refractivity contribution >= 4 is 16.8 Å². The predicted octanol–water partition coefficient (Wildman–Crippen LogP) is 2.61. The van der Waals surface area contributed by atoms with Crippen molar-refractivity contribution in [1.29, 1.82) is 0 Å². The minimum absolute atomic E-state index is 0.217. The number of likely N-dealkylation sites (tertiary alicyclic amines) is 1. The van der Waals surface area contributed by atoms with Crippen LogP contribution in [0.15, 0.2) is 30.5 Å². The summed E-state index contributed by atoms with van der Waals surface area (Å²) in [6.45, 7) is 2.71. The van der Waals surface area contributed by atoms with Crippen LogP contribution in [0, 0.1) is 18.3 Å². The van der Waals surface area contributed by atoms with Gasteiger partial charge in [0.2, 0.25) is 5.91 Å². The number of carbonyl (C=O) groups is 1. The normalized spacial score (nSPS) is 15.6. The van der Waals surface area contributed by atoms with E-state index >= 15 is 0 Å². The van der Waals surface area contributed by atoms with E-state index in [1.54, 1.807) is 0 Å². The Kier molecular flexibility index (Phi) is 5.22. The Hall–Kier alpha value is -2.25. The van der Waals surface area contributed by atoms with Crippen LogP contribution >= 0.6 is 0 Å². The third kappa shape index (κ3) is 3.63. The highest BCUT2D eigenvalue weighted by molar-refractivity contribution is 5.89. The molecule has 4 heteroatoms. The largest absolute Gasteiger partial charge is 0.369 e. The molecule has 3 rings (SSSR count). The van der Waals surface area contributed by atoms with Crippen molar-refractivity contribution in [2.45, 2.75) is 19.3 Å². The number of carbonyl (C=O) groups excluding carboxylic acids is 1. The number of hydrogen-bond acceptors (Lipinski definition) is 2. The average Bonchev–Trinajstić information content (AvgIpc) is 2.92. The number of ether oxygens (including phenoxy) is 1. The first-order valence-electron chi connectivity index (χ1n) is 8.51. The summed E-state index contributed by atoms with van der Waals surface area (Å²) < 4.78 is 7.51. The van der Waals surface area contributed by atoms with E-state index in [9.17, 15) is 4.79 Å². The van der Waals surface area contributed by atoms with Crippen LogP contribution in [0.25, 0.3) is 10.9 Å². The first-order chi connectivity index (χ1) is 11.7. The van der Waals surface area contributed by atoms with Crippen LogP contribution in [0.1, 0.15) is 18.4 Å². The zero-order valence-electron chi connectivity index (χ0n) is 14.2. The molecule has 1 saturated heterocycles. The second-order valence-corrected chi connectivity index (χ2v) is 6.50. The lowest BCUT2D eigenvalue weighted by Gasteiger charge is -2.31. The van der Waals surface area contributed by atoms with E-state index in [0.717, 1.165) is 31.5 Å². The van der Waals surface area contributed by atoms with E-state index in [0.29, 0.717) is 25.6 Å². The number of para-hydroxylation sites is 1. The first-order valence-corrected chi connectivity index (χ1v) is 8.51. The molecule has 24 heavy (non-hydrogen) atoms. The van der Waals surface area contributed by atoms with Gasteiger partial charge in [0.05, 0.1) is 13.0 Å². The Labute approximate surface area is 143 Å². The fourth-order valence-electron chi connectivity index (χ4n) is 3.47. The molecule has 1 fully saturated rings. The smallest absolute Gasteiger partial charge is 0.227 e. The van der Waals surface area contributed by atoms with Gasteiger partial charge >= 0.3 is 0 Å². The zero-order valence-corrected chi connectivity index (χ0v) is 14.2. The van der Waals surface area contributed by atoms with Gasteiger partial charge in [0, 0.05) is 37.2 Å². The number of fused-ring (bicyclic) bond motifs is 1. The fraction of sp³-hybridized carbons (Fsp3) is 0.450. The monoisotopic (exact) mass is 324 g/mol. The molecule has 0 atom stereocenters. The number of piperidine rings is 1. The molecule has 1 aliphatic heterocycles. The predicted molar refractivity (Wildman–Crippen MR) is 95.6 cm³/mol. The average molecular weight is 324 g/mol. The van der Waals surface area contributed by atoms with Crippen molar-refractivity contribution in [3.8, 4) is 12.3 Å². The van der Waals surface area contributed by atoms with Gasteiger partial charge in [-0.1, -0.05) is 24.1 Å². The van der Waals surface area contributed by atoms with Gasteiger partial charge in [-0.2, -0.15) is 0 Å². The second kappa shape index (κ2) is 7.55. The maximum atomic E-state index is 12.6. The minimum atomic E-state index is 0.217. The quantitative estimate of drug-likeness (QED) is 0.626. The van der Waals surface area contributed by atoms with Crippen molar-refractivity contribution in [1.82, 2.24) is 9.47 Å². The van der Waals surface area contributed by atoms with Gasteiger partial charge in [-0.3, -0.25) is 4.79 Å².